The number of benzene rings is 1. The molecule has 140 valence electrons. The van der Waals surface area contributed by atoms with Crippen LogP contribution < -0.4 is 5.32 Å². The van der Waals surface area contributed by atoms with E-state index in [0.717, 1.165) is 37.4 Å². The Labute approximate surface area is 159 Å². The molecule has 0 saturated carbocycles. The molecule has 0 radical (unpaired) electrons. The molecule has 3 rings (SSSR count). The van der Waals surface area contributed by atoms with Crippen LogP contribution >= 0.6 is 11.6 Å². The molecule has 7 heteroatoms. The average Bonchev–Trinajstić information content (AvgIpc) is 3.04. The molecule has 1 aliphatic rings. The van der Waals surface area contributed by atoms with Crippen molar-refractivity contribution >= 4 is 17.5 Å². The predicted octanol–water partition coefficient (Wildman–Crippen LogP) is 2.78. The van der Waals surface area contributed by atoms with Crippen molar-refractivity contribution in [2.24, 2.45) is 13.0 Å². The van der Waals surface area contributed by atoms with E-state index in [1.54, 1.807) is 6.33 Å². The summed E-state index contributed by atoms with van der Waals surface area (Å²) in [5, 5.41) is 11.8. The van der Waals surface area contributed by atoms with Crippen LogP contribution in [-0.4, -0.2) is 38.7 Å². The Morgan fingerprint density at radius 2 is 2.23 bits per heavy atom. The summed E-state index contributed by atoms with van der Waals surface area (Å²) >= 11 is 6.12. The topological polar surface area (TPSA) is 63.1 Å². The van der Waals surface area contributed by atoms with E-state index >= 15 is 0 Å². The fourth-order valence-corrected chi connectivity index (χ4v) is 3.64. The highest BCUT2D eigenvalue weighted by molar-refractivity contribution is 6.31. The molecule has 2 heterocycles. The van der Waals surface area contributed by atoms with Gasteiger partial charge in [0, 0.05) is 31.6 Å². The molecule has 26 heavy (non-hydrogen) atoms. The molecule has 0 aliphatic carbocycles. The van der Waals surface area contributed by atoms with Crippen LogP contribution in [0.2, 0.25) is 5.02 Å². The average molecular weight is 376 g/mol. The molecule has 1 saturated heterocycles. The van der Waals surface area contributed by atoms with Gasteiger partial charge in [-0.1, -0.05) is 29.8 Å². The maximum absolute atomic E-state index is 12.2. The number of nitrogens with one attached hydrogen (secondary N) is 1. The predicted molar refractivity (Wildman–Crippen MR) is 102 cm³/mol. The second-order valence-electron chi connectivity index (χ2n) is 7.01. The Bertz CT molecular complexity index is 732. The Balaban J connectivity index is 1.40. The number of rotatable bonds is 7. The molecule has 1 atom stereocenters. The molecular weight excluding hydrogens is 350 g/mol. The van der Waals surface area contributed by atoms with Crippen LogP contribution in [0.4, 0.5) is 0 Å². The summed E-state index contributed by atoms with van der Waals surface area (Å²) in [6.07, 6.45) is 5.58. The number of likely N-dealkylation sites (tertiary alicyclic amines) is 1. The second kappa shape index (κ2) is 9.14. The van der Waals surface area contributed by atoms with Gasteiger partial charge in [0.1, 0.15) is 12.2 Å². The first-order valence-electron chi connectivity index (χ1n) is 9.17. The molecule has 1 aliphatic heterocycles. The van der Waals surface area contributed by atoms with Crippen molar-refractivity contribution in [1.29, 1.82) is 0 Å². The van der Waals surface area contributed by atoms with Crippen molar-refractivity contribution in [1.82, 2.24) is 25.0 Å². The van der Waals surface area contributed by atoms with Gasteiger partial charge in [-0.15, -0.1) is 10.2 Å². The molecule has 6 nitrogen and oxygen atoms in total. The molecule has 1 N–H and O–H groups in total. The minimum absolute atomic E-state index is 0.0929. The van der Waals surface area contributed by atoms with E-state index < -0.39 is 0 Å². The second-order valence-corrected chi connectivity index (χ2v) is 7.42. The molecule has 0 spiro atoms. The number of aryl methyl sites for hydroxylation is 1. The van der Waals surface area contributed by atoms with Crippen molar-refractivity contribution in [2.45, 2.75) is 38.8 Å². The Kier molecular flexibility index (Phi) is 6.63. The Hall–Kier alpha value is -1.92. The molecule has 2 aromatic rings. The monoisotopic (exact) mass is 375 g/mol. The third kappa shape index (κ3) is 5.29. The largest absolute Gasteiger partial charge is 0.352 e. The normalized spacial score (nSPS) is 18.0. The maximum Gasteiger partial charge on any atom is 0.220 e. The van der Waals surface area contributed by atoms with Gasteiger partial charge in [0.15, 0.2) is 0 Å². The number of carbonyl (C=O) groups is 1. The molecule has 0 unspecified atom stereocenters. The third-order valence-electron chi connectivity index (χ3n) is 4.99. The van der Waals surface area contributed by atoms with Crippen LogP contribution in [0.15, 0.2) is 30.6 Å². The van der Waals surface area contributed by atoms with Crippen molar-refractivity contribution in [3.63, 3.8) is 0 Å². The maximum atomic E-state index is 12.2. The van der Waals surface area contributed by atoms with Gasteiger partial charge in [0.05, 0.1) is 6.54 Å². The summed E-state index contributed by atoms with van der Waals surface area (Å²) in [6.45, 7) is 3.42. The van der Waals surface area contributed by atoms with E-state index in [9.17, 15) is 4.79 Å². The summed E-state index contributed by atoms with van der Waals surface area (Å²) < 4.78 is 1.96. The van der Waals surface area contributed by atoms with E-state index in [1.807, 2.05) is 35.9 Å². The van der Waals surface area contributed by atoms with Crippen LogP contribution in [0.5, 0.6) is 0 Å². The molecule has 1 fully saturated rings. The van der Waals surface area contributed by atoms with Crippen LogP contribution in [-0.2, 0) is 24.9 Å². The molecule has 1 aromatic carbocycles. The van der Waals surface area contributed by atoms with E-state index in [-0.39, 0.29) is 5.91 Å². The van der Waals surface area contributed by atoms with E-state index in [4.69, 9.17) is 11.6 Å². The number of hydrogen-bond donors (Lipinski definition) is 1. The van der Waals surface area contributed by atoms with Crippen molar-refractivity contribution in [3.8, 4) is 0 Å². The van der Waals surface area contributed by atoms with E-state index in [0.29, 0.717) is 23.9 Å². The molecule has 1 aromatic heterocycles. The van der Waals surface area contributed by atoms with Gasteiger partial charge in [-0.25, -0.2) is 0 Å². The van der Waals surface area contributed by atoms with Gasteiger partial charge in [0.25, 0.3) is 0 Å². The van der Waals surface area contributed by atoms with Crippen molar-refractivity contribution in [3.05, 3.63) is 47.0 Å². The third-order valence-corrected chi connectivity index (χ3v) is 5.36. The van der Waals surface area contributed by atoms with Gasteiger partial charge in [-0.3, -0.25) is 9.69 Å². The van der Waals surface area contributed by atoms with Crippen LogP contribution in [0.3, 0.4) is 0 Å². The fraction of sp³-hybridized carbons (Fsp3) is 0.526. The smallest absolute Gasteiger partial charge is 0.220 e. The number of carbonyl (C=O) groups excluding carboxylic acids is 1. The summed E-state index contributed by atoms with van der Waals surface area (Å²) in [5.41, 5.74) is 0.954. The van der Waals surface area contributed by atoms with Crippen LogP contribution in [0.25, 0.3) is 0 Å². The van der Waals surface area contributed by atoms with Gasteiger partial charge < -0.3 is 9.88 Å². The first kappa shape index (κ1) is 18.9. The fourth-order valence-electron chi connectivity index (χ4n) is 3.44. The van der Waals surface area contributed by atoms with Crippen molar-refractivity contribution in [2.75, 3.05) is 13.1 Å². The zero-order valence-electron chi connectivity index (χ0n) is 15.2. The molecule has 0 bridgehead atoms. The zero-order chi connectivity index (χ0) is 18.4. The number of aromatic nitrogens is 3. The molecule has 1 amide bonds. The number of amides is 1. The molecular formula is C19H26ClN5O. The van der Waals surface area contributed by atoms with Crippen LogP contribution in [0, 0.1) is 5.92 Å². The summed E-state index contributed by atoms with van der Waals surface area (Å²) in [4.78, 5) is 14.6. The summed E-state index contributed by atoms with van der Waals surface area (Å²) in [6, 6.07) is 7.61. The standard InChI is InChI=1S/C19H26ClN5O/c1-24-14-22-23-18(24)13-25-10-4-5-15(12-25)8-9-19(26)21-11-16-6-2-3-7-17(16)20/h2-3,6-7,14-15H,4-5,8-13H2,1H3,(H,21,26)/t15-/m0/s1. The van der Waals surface area contributed by atoms with E-state index in [2.05, 4.69) is 20.4 Å². The van der Waals surface area contributed by atoms with Crippen LogP contribution in [0.1, 0.15) is 37.1 Å². The zero-order valence-corrected chi connectivity index (χ0v) is 16.0. The van der Waals surface area contributed by atoms with Crippen molar-refractivity contribution < 1.29 is 4.79 Å². The van der Waals surface area contributed by atoms with Gasteiger partial charge in [-0.2, -0.15) is 0 Å². The lowest BCUT2D eigenvalue weighted by atomic mass is 9.93. The quantitative estimate of drug-likeness (QED) is 0.808. The lowest BCUT2D eigenvalue weighted by Crippen LogP contribution is -2.36. The first-order chi connectivity index (χ1) is 12.6. The Morgan fingerprint density at radius 1 is 1.38 bits per heavy atom. The number of nitrogens with zero attached hydrogens (tertiary/aromatic N) is 4. The first-order valence-corrected chi connectivity index (χ1v) is 9.55. The highest BCUT2D eigenvalue weighted by atomic mass is 35.5. The van der Waals surface area contributed by atoms with Gasteiger partial charge >= 0.3 is 0 Å². The Morgan fingerprint density at radius 3 is 3.00 bits per heavy atom. The minimum atomic E-state index is 0.0929. The lowest BCUT2D eigenvalue weighted by molar-refractivity contribution is -0.121. The highest BCUT2D eigenvalue weighted by Crippen LogP contribution is 2.22. The number of piperidine rings is 1. The van der Waals surface area contributed by atoms with Gasteiger partial charge in [0.2, 0.25) is 5.91 Å². The number of halogens is 1. The summed E-state index contributed by atoms with van der Waals surface area (Å²) in [5.74, 6) is 1.64. The van der Waals surface area contributed by atoms with Gasteiger partial charge in [-0.05, 0) is 43.4 Å². The van der Waals surface area contributed by atoms with E-state index in [1.165, 1.54) is 12.8 Å². The minimum Gasteiger partial charge on any atom is -0.352 e. The summed E-state index contributed by atoms with van der Waals surface area (Å²) in [7, 11) is 1.97. The highest BCUT2D eigenvalue weighted by Gasteiger charge is 2.21. The lowest BCUT2D eigenvalue weighted by Gasteiger charge is -2.32. The SMILES string of the molecule is Cn1cnnc1CN1CCC[C@@H](CCC(=O)NCc2ccccc2Cl)C1. The number of hydrogen-bond acceptors (Lipinski definition) is 4.